The first-order valence-corrected chi connectivity index (χ1v) is 5.50. The Labute approximate surface area is 105 Å². The van der Waals surface area contributed by atoms with Crippen LogP contribution < -0.4 is 15.2 Å². The molecule has 0 aliphatic carbocycles. The van der Waals surface area contributed by atoms with Gasteiger partial charge in [0.15, 0.2) is 17.3 Å². The van der Waals surface area contributed by atoms with Crippen LogP contribution in [0.3, 0.4) is 0 Å². The topological polar surface area (TPSA) is 75.2 Å². The summed E-state index contributed by atoms with van der Waals surface area (Å²) in [5.74, 6) is 2.49. The zero-order valence-corrected chi connectivity index (χ0v) is 10.7. The van der Waals surface area contributed by atoms with Crippen LogP contribution in [0, 0.1) is 0 Å². The number of aromatic nitrogens is 3. The van der Waals surface area contributed by atoms with Crippen LogP contribution in [0.5, 0.6) is 11.5 Å². The van der Waals surface area contributed by atoms with E-state index < -0.39 is 0 Å². The van der Waals surface area contributed by atoms with E-state index in [0.717, 1.165) is 5.56 Å². The molecule has 0 spiro atoms. The maximum absolute atomic E-state index is 5.64. The SMILES string of the molecule is COc1ccc(Cc2nc(N)n(C)n2)cc1OC. The van der Waals surface area contributed by atoms with Gasteiger partial charge in [0.1, 0.15) is 0 Å². The minimum absolute atomic E-state index is 0.408. The number of methoxy groups -OCH3 is 2. The lowest BCUT2D eigenvalue weighted by Crippen LogP contribution is -1.98. The predicted molar refractivity (Wildman–Crippen MR) is 67.8 cm³/mol. The van der Waals surface area contributed by atoms with E-state index in [2.05, 4.69) is 10.1 Å². The van der Waals surface area contributed by atoms with Gasteiger partial charge in [-0.15, -0.1) is 0 Å². The van der Waals surface area contributed by atoms with Crippen molar-refractivity contribution >= 4 is 5.95 Å². The molecule has 0 saturated carbocycles. The summed E-state index contributed by atoms with van der Waals surface area (Å²) < 4.78 is 12.0. The zero-order chi connectivity index (χ0) is 13.1. The maximum atomic E-state index is 5.64. The maximum Gasteiger partial charge on any atom is 0.218 e. The number of anilines is 1. The number of aryl methyl sites for hydroxylation is 1. The van der Waals surface area contributed by atoms with Gasteiger partial charge in [-0.2, -0.15) is 10.1 Å². The molecule has 2 rings (SSSR count). The first-order chi connectivity index (χ1) is 8.63. The standard InChI is InChI=1S/C12H16N4O2/c1-16-12(13)14-11(15-16)7-8-4-5-9(17-2)10(6-8)18-3/h4-6H,7H2,1-3H3,(H2,13,14,15). The fourth-order valence-electron chi connectivity index (χ4n) is 1.70. The Balaban J connectivity index is 2.24. The Hall–Kier alpha value is -2.24. The van der Waals surface area contributed by atoms with Crippen molar-refractivity contribution in [2.75, 3.05) is 20.0 Å². The molecule has 6 heteroatoms. The molecular weight excluding hydrogens is 232 g/mol. The van der Waals surface area contributed by atoms with E-state index in [1.807, 2.05) is 18.2 Å². The summed E-state index contributed by atoms with van der Waals surface area (Å²) in [5, 5.41) is 4.21. The number of hydrogen-bond donors (Lipinski definition) is 1. The lowest BCUT2D eigenvalue weighted by molar-refractivity contribution is 0.354. The highest BCUT2D eigenvalue weighted by Gasteiger charge is 2.08. The van der Waals surface area contributed by atoms with E-state index in [4.69, 9.17) is 15.2 Å². The lowest BCUT2D eigenvalue weighted by Gasteiger charge is -2.08. The molecule has 0 aliphatic rings. The summed E-state index contributed by atoms with van der Waals surface area (Å²) in [6.45, 7) is 0. The molecule has 2 aromatic rings. The molecule has 0 atom stereocenters. The summed E-state index contributed by atoms with van der Waals surface area (Å²) in [6.07, 6.45) is 0.603. The molecule has 2 N–H and O–H groups in total. The van der Waals surface area contributed by atoms with Gasteiger partial charge in [0.2, 0.25) is 5.95 Å². The molecule has 0 fully saturated rings. The molecule has 1 aromatic carbocycles. The van der Waals surface area contributed by atoms with Crippen LogP contribution in [0.4, 0.5) is 5.95 Å². The highest BCUT2D eigenvalue weighted by atomic mass is 16.5. The number of ether oxygens (including phenoxy) is 2. The number of benzene rings is 1. The van der Waals surface area contributed by atoms with E-state index in [-0.39, 0.29) is 0 Å². The normalized spacial score (nSPS) is 10.4. The Morgan fingerprint density at radius 2 is 1.94 bits per heavy atom. The summed E-state index contributed by atoms with van der Waals surface area (Å²) in [7, 11) is 4.98. The van der Waals surface area contributed by atoms with Crippen LogP contribution in [-0.2, 0) is 13.5 Å². The summed E-state index contributed by atoms with van der Waals surface area (Å²) in [5.41, 5.74) is 6.68. The van der Waals surface area contributed by atoms with E-state index in [9.17, 15) is 0 Å². The zero-order valence-electron chi connectivity index (χ0n) is 10.7. The molecule has 1 heterocycles. The van der Waals surface area contributed by atoms with Crippen molar-refractivity contribution in [2.24, 2.45) is 7.05 Å². The van der Waals surface area contributed by atoms with Crippen LogP contribution in [0.15, 0.2) is 18.2 Å². The van der Waals surface area contributed by atoms with Gasteiger partial charge in [0.05, 0.1) is 14.2 Å². The van der Waals surface area contributed by atoms with Gasteiger partial charge in [-0.25, -0.2) is 4.68 Å². The molecule has 18 heavy (non-hydrogen) atoms. The van der Waals surface area contributed by atoms with Gasteiger partial charge < -0.3 is 15.2 Å². The van der Waals surface area contributed by atoms with Crippen molar-refractivity contribution < 1.29 is 9.47 Å². The van der Waals surface area contributed by atoms with Gasteiger partial charge in [-0.05, 0) is 17.7 Å². The van der Waals surface area contributed by atoms with Gasteiger partial charge in [0.25, 0.3) is 0 Å². The average Bonchev–Trinajstić information content (AvgIpc) is 2.68. The second-order valence-corrected chi connectivity index (χ2v) is 3.88. The number of rotatable bonds is 4. The highest BCUT2D eigenvalue weighted by Crippen LogP contribution is 2.28. The van der Waals surface area contributed by atoms with E-state index >= 15 is 0 Å². The fraction of sp³-hybridized carbons (Fsp3) is 0.333. The third kappa shape index (κ3) is 2.37. The second-order valence-electron chi connectivity index (χ2n) is 3.88. The molecule has 0 radical (unpaired) electrons. The first-order valence-electron chi connectivity index (χ1n) is 5.50. The van der Waals surface area contributed by atoms with Gasteiger partial charge in [0, 0.05) is 13.5 Å². The summed E-state index contributed by atoms with van der Waals surface area (Å²) in [6, 6.07) is 5.72. The Bertz CT molecular complexity index is 532. The highest BCUT2D eigenvalue weighted by molar-refractivity contribution is 5.43. The Morgan fingerprint density at radius 1 is 1.22 bits per heavy atom. The van der Waals surface area contributed by atoms with Crippen molar-refractivity contribution in [1.82, 2.24) is 14.8 Å². The summed E-state index contributed by atoms with van der Waals surface area (Å²) in [4.78, 5) is 4.16. The van der Waals surface area contributed by atoms with Gasteiger partial charge in [-0.3, -0.25) is 0 Å². The van der Waals surface area contributed by atoms with Crippen molar-refractivity contribution in [1.29, 1.82) is 0 Å². The smallest absolute Gasteiger partial charge is 0.218 e. The number of hydrogen-bond acceptors (Lipinski definition) is 5. The van der Waals surface area contributed by atoms with Crippen molar-refractivity contribution in [2.45, 2.75) is 6.42 Å². The van der Waals surface area contributed by atoms with Crippen molar-refractivity contribution in [3.8, 4) is 11.5 Å². The minimum Gasteiger partial charge on any atom is -0.493 e. The van der Waals surface area contributed by atoms with Crippen LogP contribution in [0.25, 0.3) is 0 Å². The van der Waals surface area contributed by atoms with E-state index in [1.165, 1.54) is 0 Å². The molecule has 0 amide bonds. The first kappa shape index (κ1) is 12.2. The molecule has 0 unspecified atom stereocenters. The molecule has 0 saturated heterocycles. The molecule has 0 aliphatic heterocycles. The molecule has 96 valence electrons. The van der Waals surface area contributed by atoms with Crippen LogP contribution in [-0.4, -0.2) is 29.0 Å². The lowest BCUT2D eigenvalue weighted by atomic mass is 10.1. The minimum atomic E-state index is 0.408. The van der Waals surface area contributed by atoms with Gasteiger partial charge >= 0.3 is 0 Å². The summed E-state index contributed by atoms with van der Waals surface area (Å²) >= 11 is 0. The third-order valence-corrected chi connectivity index (χ3v) is 2.65. The second kappa shape index (κ2) is 4.95. The fourth-order valence-corrected chi connectivity index (χ4v) is 1.70. The quantitative estimate of drug-likeness (QED) is 0.873. The average molecular weight is 248 g/mol. The van der Waals surface area contributed by atoms with Crippen molar-refractivity contribution in [3.63, 3.8) is 0 Å². The van der Waals surface area contributed by atoms with E-state index in [0.29, 0.717) is 29.7 Å². The number of nitrogen functional groups attached to an aromatic ring is 1. The number of nitrogens with zero attached hydrogens (tertiary/aromatic N) is 3. The van der Waals surface area contributed by atoms with Gasteiger partial charge in [-0.1, -0.05) is 6.07 Å². The Morgan fingerprint density at radius 3 is 2.50 bits per heavy atom. The molecule has 0 bridgehead atoms. The molecular formula is C12H16N4O2. The third-order valence-electron chi connectivity index (χ3n) is 2.65. The predicted octanol–water partition coefficient (Wildman–Crippen LogP) is 1.01. The molecule has 1 aromatic heterocycles. The number of nitrogens with two attached hydrogens (primary N) is 1. The van der Waals surface area contributed by atoms with Crippen molar-refractivity contribution in [3.05, 3.63) is 29.6 Å². The van der Waals surface area contributed by atoms with Crippen LogP contribution >= 0.6 is 0 Å². The van der Waals surface area contributed by atoms with E-state index in [1.54, 1.807) is 25.9 Å². The van der Waals surface area contributed by atoms with Crippen LogP contribution in [0.1, 0.15) is 11.4 Å². The monoisotopic (exact) mass is 248 g/mol. The largest absolute Gasteiger partial charge is 0.493 e. The molecule has 6 nitrogen and oxygen atoms in total. The van der Waals surface area contributed by atoms with Crippen LogP contribution in [0.2, 0.25) is 0 Å². The Kier molecular flexibility index (Phi) is 3.36.